The summed E-state index contributed by atoms with van der Waals surface area (Å²) >= 11 is 0. The molecule has 1 aliphatic heterocycles. The smallest absolute Gasteiger partial charge is 0.257 e. The zero-order valence-corrected chi connectivity index (χ0v) is 17.4. The van der Waals surface area contributed by atoms with Gasteiger partial charge in [0.05, 0.1) is 41.9 Å². The minimum atomic E-state index is -0.304. The lowest BCUT2D eigenvalue weighted by Gasteiger charge is -2.27. The lowest BCUT2D eigenvalue weighted by Crippen LogP contribution is -2.41. The predicted molar refractivity (Wildman–Crippen MR) is 114 cm³/mol. The van der Waals surface area contributed by atoms with Crippen molar-refractivity contribution >= 4 is 28.5 Å². The molecule has 2 amide bonds. The normalized spacial score (nSPS) is 14.3. The van der Waals surface area contributed by atoms with E-state index in [1.54, 1.807) is 48.4 Å². The lowest BCUT2D eigenvalue weighted by molar-refractivity contribution is 0.0303. The number of amides is 2. The Kier molecular flexibility index (Phi) is 5.50. The highest BCUT2D eigenvalue weighted by Gasteiger charge is 2.22. The zero-order chi connectivity index (χ0) is 21.3. The summed E-state index contributed by atoms with van der Waals surface area (Å²) in [5.41, 5.74) is 2.77. The molecule has 3 aromatic rings. The van der Waals surface area contributed by atoms with Crippen LogP contribution in [0.5, 0.6) is 0 Å². The molecule has 3 heterocycles. The molecule has 4 rings (SSSR count). The molecule has 156 valence electrons. The molecule has 8 heteroatoms. The van der Waals surface area contributed by atoms with Gasteiger partial charge < -0.3 is 15.0 Å². The summed E-state index contributed by atoms with van der Waals surface area (Å²) in [7, 11) is 0. The van der Waals surface area contributed by atoms with Crippen molar-refractivity contribution in [3.8, 4) is 0 Å². The second kappa shape index (κ2) is 8.23. The monoisotopic (exact) mass is 407 g/mol. The standard InChI is InChI=1S/C22H25N5O3/c1-14(2)27-20-16(13-23-27)12-18(15(3)24-20)21(28)25-19-7-5-4-6-17(19)22(29)26-8-10-30-11-9-26/h4-7,12-14H,8-11H2,1-3H3,(H,25,28). The molecular formula is C22H25N5O3. The number of carbonyl (C=O) groups is 2. The second-order valence-corrected chi connectivity index (χ2v) is 7.62. The minimum Gasteiger partial charge on any atom is -0.378 e. The number of aromatic nitrogens is 3. The van der Waals surface area contributed by atoms with E-state index in [1.807, 2.05) is 18.5 Å². The predicted octanol–water partition coefficient (Wildman–Crippen LogP) is 3.05. The number of para-hydroxylation sites is 1. The van der Waals surface area contributed by atoms with Crippen LogP contribution in [0.4, 0.5) is 5.69 Å². The molecule has 30 heavy (non-hydrogen) atoms. The number of carbonyl (C=O) groups excluding carboxylic acids is 2. The third-order valence-corrected chi connectivity index (χ3v) is 5.20. The Labute approximate surface area is 174 Å². The number of pyridine rings is 1. The van der Waals surface area contributed by atoms with Crippen molar-refractivity contribution < 1.29 is 14.3 Å². The average Bonchev–Trinajstić information content (AvgIpc) is 3.16. The van der Waals surface area contributed by atoms with E-state index in [0.717, 1.165) is 11.0 Å². The number of fused-ring (bicyclic) bond motifs is 1. The van der Waals surface area contributed by atoms with Gasteiger partial charge in [0, 0.05) is 24.5 Å². The van der Waals surface area contributed by atoms with E-state index >= 15 is 0 Å². The number of rotatable bonds is 4. The molecule has 1 saturated heterocycles. The molecule has 1 fully saturated rings. The van der Waals surface area contributed by atoms with Gasteiger partial charge in [-0.15, -0.1) is 0 Å². The van der Waals surface area contributed by atoms with Gasteiger partial charge in [0.25, 0.3) is 11.8 Å². The van der Waals surface area contributed by atoms with E-state index in [-0.39, 0.29) is 17.9 Å². The first-order valence-electron chi connectivity index (χ1n) is 10.1. The van der Waals surface area contributed by atoms with Crippen molar-refractivity contribution in [1.29, 1.82) is 0 Å². The summed E-state index contributed by atoms with van der Waals surface area (Å²) in [5.74, 6) is -0.417. The van der Waals surface area contributed by atoms with Crippen molar-refractivity contribution in [2.45, 2.75) is 26.8 Å². The van der Waals surface area contributed by atoms with E-state index < -0.39 is 0 Å². The van der Waals surface area contributed by atoms with Crippen molar-refractivity contribution in [3.05, 3.63) is 53.3 Å². The minimum absolute atomic E-state index is 0.113. The Hall–Kier alpha value is -3.26. The molecule has 0 atom stereocenters. The molecule has 0 aliphatic carbocycles. The molecule has 0 spiro atoms. The van der Waals surface area contributed by atoms with Gasteiger partial charge >= 0.3 is 0 Å². The Morgan fingerprint density at radius 2 is 1.87 bits per heavy atom. The van der Waals surface area contributed by atoms with Crippen LogP contribution < -0.4 is 5.32 Å². The number of ether oxygens (including phenoxy) is 1. The third-order valence-electron chi connectivity index (χ3n) is 5.20. The van der Waals surface area contributed by atoms with E-state index in [9.17, 15) is 9.59 Å². The molecule has 8 nitrogen and oxygen atoms in total. The van der Waals surface area contributed by atoms with E-state index in [2.05, 4.69) is 15.4 Å². The van der Waals surface area contributed by atoms with Crippen LogP contribution in [0, 0.1) is 6.92 Å². The van der Waals surface area contributed by atoms with Gasteiger partial charge in [0.1, 0.15) is 0 Å². The Balaban J connectivity index is 1.62. The third kappa shape index (κ3) is 3.78. The summed E-state index contributed by atoms with van der Waals surface area (Å²) in [4.78, 5) is 32.3. The van der Waals surface area contributed by atoms with Crippen molar-refractivity contribution in [2.75, 3.05) is 31.6 Å². The summed E-state index contributed by atoms with van der Waals surface area (Å²) in [6, 6.07) is 9.03. The molecule has 0 unspecified atom stereocenters. The van der Waals surface area contributed by atoms with Gasteiger partial charge in [-0.05, 0) is 39.0 Å². The van der Waals surface area contributed by atoms with Crippen LogP contribution in [0.2, 0.25) is 0 Å². The van der Waals surface area contributed by atoms with Gasteiger partial charge in [0.2, 0.25) is 0 Å². The fourth-order valence-corrected chi connectivity index (χ4v) is 3.58. The number of morpholine rings is 1. The Bertz CT molecular complexity index is 1100. The fraction of sp³-hybridized carbons (Fsp3) is 0.364. The Morgan fingerprint density at radius 1 is 1.13 bits per heavy atom. The second-order valence-electron chi connectivity index (χ2n) is 7.62. The molecular weight excluding hydrogens is 382 g/mol. The van der Waals surface area contributed by atoms with Crippen molar-refractivity contribution in [2.24, 2.45) is 0 Å². The summed E-state index contributed by atoms with van der Waals surface area (Å²) in [5, 5.41) is 8.07. The van der Waals surface area contributed by atoms with Gasteiger partial charge in [-0.3, -0.25) is 9.59 Å². The van der Waals surface area contributed by atoms with E-state index in [4.69, 9.17) is 4.74 Å². The first-order valence-corrected chi connectivity index (χ1v) is 10.1. The van der Waals surface area contributed by atoms with Crippen LogP contribution >= 0.6 is 0 Å². The molecule has 0 saturated carbocycles. The molecule has 0 bridgehead atoms. The van der Waals surface area contributed by atoms with Crippen LogP contribution in [-0.2, 0) is 4.74 Å². The SMILES string of the molecule is Cc1nc2c(cnn2C(C)C)cc1C(=O)Nc1ccccc1C(=O)N1CCOCC1. The van der Waals surface area contributed by atoms with E-state index in [0.29, 0.717) is 48.8 Å². The number of hydrogen-bond donors (Lipinski definition) is 1. The zero-order valence-electron chi connectivity index (χ0n) is 17.4. The maximum absolute atomic E-state index is 13.0. The van der Waals surface area contributed by atoms with Crippen LogP contribution in [0.1, 0.15) is 46.3 Å². The Morgan fingerprint density at radius 3 is 2.60 bits per heavy atom. The largest absolute Gasteiger partial charge is 0.378 e. The number of hydrogen-bond acceptors (Lipinski definition) is 5. The average molecular weight is 407 g/mol. The molecule has 2 aromatic heterocycles. The first-order chi connectivity index (χ1) is 14.5. The first kappa shape index (κ1) is 20.0. The maximum atomic E-state index is 13.0. The van der Waals surface area contributed by atoms with Crippen LogP contribution in [0.25, 0.3) is 11.0 Å². The topological polar surface area (TPSA) is 89.3 Å². The number of nitrogens with zero attached hydrogens (tertiary/aromatic N) is 4. The van der Waals surface area contributed by atoms with Gasteiger partial charge in [-0.2, -0.15) is 5.10 Å². The lowest BCUT2D eigenvalue weighted by atomic mass is 10.1. The van der Waals surface area contributed by atoms with Gasteiger partial charge in [-0.1, -0.05) is 12.1 Å². The fourth-order valence-electron chi connectivity index (χ4n) is 3.58. The van der Waals surface area contributed by atoms with Crippen molar-refractivity contribution in [1.82, 2.24) is 19.7 Å². The van der Waals surface area contributed by atoms with Crippen molar-refractivity contribution in [3.63, 3.8) is 0 Å². The summed E-state index contributed by atoms with van der Waals surface area (Å²) < 4.78 is 7.16. The van der Waals surface area contributed by atoms with Gasteiger partial charge in [-0.25, -0.2) is 9.67 Å². The van der Waals surface area contributed by atoms with Crippen LogP contribution in [-0.4, -0.2) is 57.8 Å². The number of benzene rings is 1. The molecule has 1 aromatic carbocycles. The molecule has 1 aliphatic rings. The van der Waals surface area contributed by atoms with E-state index in [1.165, 1.54) is 0 Å². The maximum Gasteiger partial charge on any atom is 0.257 e. The number of aryl methyl sites for hydroxylation is 1. The van der Waals surface area contributed by atoms with Crippen LogP contribution in [0.15, 0.2) is 36.5 Å². The molecule has 0 radical (unpaired) electrons. The highest BCUT2D eigenvalue weighted by atomic mass is 16.5. The van der Waals surface area contributed by atoms with Crippen LogP contribution in [0.3, 0.4) is 0 Å². The highest BCUT2D eigenvalue weighted by Crippen LogP contribution is 2.22. The summed E-state index contributed by atoms with van der Waals surface area (Å²) in [6.45, 7) is 8.00. The number of anilines is 1. The summed E-state index contributed by atoms with van der Waals surface area (Å²) in [6.07, 6.45) is 1.72. The van der Waals surface area contributed by atoms with Gasteiger partial charge in [0.15, 0.2) is 5.65 Å². The highest BCUT2D eigenvalue weighted by molar-refractivity contribution is 6.10. The number of nitrogens with one attached hydrogen (secondary N) is 1. The molecule has 1 N–H and O–H groups in total. The quantitative estimate of drug-likeness (QED) is 0.718.